The van der Waals surface area contributed by atoms with Crippen LogP contribution >= 0.6 is 0 Å². The first kappa shape index (κ1) is 17.4. The van der Waals surface area contributed by atoms with Gasteiger partial charge in [-0.15, -0.1) is 0 Å². The van der Waals surface area contributed by atoms with E-state index in [9.17, 15) is 4.79 Å². The van der Waals surface area contributed by atoms with Crippen LogP contribution in [0.2, 0.25) is 0 Å². The fraction of sp³-hybridized carbons (Fsp3) is 0.929. The average Bonchev–Trinajstić information content (AvgIpc) is 2.42. The number of aliphatic hydroxyl groups excluding tert-OH is 1. The van der Waals surface area contributed by atoms with Gasteiger partial charge in [0.25, 0.3) is 0 Å². The van der Waals surface area contributed by atoms with Crippen LogP contribution in [-0.2, 0) is 9.53 Å². The third-order valence-electron chi connectivity index (χ3n) is 3.11. The Morgan fingerprint density at radius 2 is 1.78 bits per heavy atom. The van der Waals surface area contributed by atoms with Crippen molar-refractivity contribution in [3.63, 3.8) is 0 Å². The third kappa shape index (κ3) is 9.42. The van der Waals surface area contributed by atoms with Crippen LogP contribution in [0.4, 0.5) is 0 Å². The van der Waals surface area contributed by atoms with E-state index >= 15 is 0 Å². The molecule has 1 heterocycles. The van der Waals surface area contributed by atoms with Crippen LogP contribution in [0.3, 0.4) is 0 Å². The predicted molar refractivity (Wildman–Crippen MR) is 73.5 cm³/mol. The molecule has 0 amide bonds. The van der Waals surface area contributed by atoms with Gasteiger partial charge >= 0.3 is 5.97 Å². The van der Waals surface area contributed by atoms with Crippen LogP contribution < -0.4 is 0 Å². The lowest BCUT2D eigenvalue weighted by Crippen LogP contribution is -2.30. The molecule has 108 valence electrons. The van der Waals surface area contributed by atoms with E-state index in [1.54, 1.807) is 0 Å². The Hall–Kier alpha value is -0.610. The zero-order chi connectivity index (χ0) is 13.6. The van der Waals surface area contributed by atoms with Crippen LogP contribution in [0.1, 0.15) is 51.9 Å². The summed E-state index contributed by atoms with van der Waals surface area (Å²) in [6, 6.07) is 0. The lowest BCUT2D eigenvalue weighted by molar-refractivity contribution is -0.143. The number of rotatable bonds is 7. The minimum Gasteiger partial charge on any atom is -0.466 e. The number of ether oxygens (including phenoxy) is 1. The molecule has 0 aliphatic carbocycles. The summed E-state index contributed by atoms with van der Waals surface area (Å²) in [5, 5.41) is 7.00. The number of hydrogen-bond acceptors (Lipinski definition) is 4. The van der Waals surface area contributed by atoms with Crippen LogP contribution in [0.15, 0.2) is 0 Å². The normalized spacial score (nSPS) is 15.7. The summed E-state index contributed by atoms with van der Waals surface area (Å²) in [6.45, 7) is 6.12. The van der Waals surface area contributed by atoms with Crippen molar-refractivity contribution < 1.29 is 14.6 Å². The maximum Gasteiger partial charge on any atom is 0.305 e. The molecule has 0 unspecified atom stereocenters. The molecule has 1 rings (SSSR count). The van der Waals surface area contributed by atoms with Gasteiger partial charge in [0.1, 0.15) is 0 Å². The van der Waals surface area contributed by atoms with Gasteiger partial charge in [-0.1, -0.05) is 12.8 Å². The van der Waals surface area contributed by atoms with E-state index in [-0.39, 0.29) is 5.97 Å². The number of piperidine rings is 1. The summed E-state index contributed by atoms with van der Waals surface area (Å²) in [5.74, 6) is -0.0412. The molecule has 1 aliphatic heterocycles. The number of nitrogens with zero attached hydrogens (tertiary/aromatic N) is 1. The van der Waals surface area contributed by atoms with Crippen molar-refractivity contribution in [3.8, 4) is 0 Å². The number of carbonyl (C=O) groups is 1. The van der Waals surface area contributed by atoms with E-state index in [1.807, 2.05) is 6.92 Å². The van der Waals surface area contributed by atoms with Gasteiger partial charge in [0.2, 0.25) is 0 Å². The minimum atomic E-state index is -0.0412. The number of aliphatic hydroxyl groups is 1. The quantitative estimate of drug-likeness (QED) is 0.562. The molecule has 0 saturated carbocycles. The van der Waals surface area contributed by atoms with E-state index in [0.717, 1.165) is 20.0 Å². The van der Waals surface area contributed by atoms with Gasteiger partial charge in [0.05, 0.1) is 6.61 Å². The molecule has 0 bridgehead atoms. The van der Waals surface area contributed by atoms with Crippen molar-refractivity contribution >= 4 is 5.97 Å². The Kier molecular flexibility index (Phi) is 12.4. The molecule has 1 aliphatic rings. The summed E-state index contributed by atoms with van der Waals surface area (Å²) in [4.78, 5) is 13.6. The highest BCUT2D eigenvalue weighted by Gasteiger charge is 2.09. The predicted octanol–water partition coefficient (Wildman–Crippen LogP) is 2.20. The first-order valence-corrected chi connectivity index (χ1v) is 7.15. The van der Waals surface area contributed by atoms with Crippen molar-refractivity contribution in [2.75, 3.05) is 33.4 Å². The molecule has 1 N–H and O–H groups in total. The molecule has 0 aromatic heterocycles. The molecule has 1 fully saturated rings. The zero-order valence-electron chi connectivity index (χ0n) is 12.0. The van der Waals surface area contributed by atoms with Crippen LogP contribution in [-0.4, -0.2) is 49.3 Å². The molecule has 4 heteroatoms. The smallest absolute Gasteiger partial charge is 0.305 e. The van der Waals surface area contributed by atoms with Gasteiger partial charge in [-0.3, -0.25) is 4.79 Å². The highest BCUT2D eigenvalue weighted by atomic mass is 16.5. The second-order valence-corrected chi connectivity index (χ2v) is 4.52. The molecule has 0 aromatic rings. The van der Waals surface area contributed by atoms with Gasteiger partial charge < -0.3 is 14.7 Å². The van der Waals surface area contributed by atoms with Gasteiger partial charge in [-0.05, 0) is 52.2 Å². The Bertz CT molecular complexity index is 191. The summed E-state index contributed by atoms with van der Waals surface area (Å²) >= 11 is 0. The third-order valence-corrected chi connectivity index (χ3v) is 3.11. The SMILES string of the molecule is CCOC(=O)CCCCCN1CCCCC1.CO. The molecular formula is C14H29NO3. The molecule has 1 saturated heterocycles. The molecule has 18 heavy (non-hydrogen) atoms. The number of hydrogen-bond donors (Lipinski definition) is 1. The number of esters is 1. The lowest BCUT2D eigenvalue weighted by Gasteiger charge is -2.26. The molecular weight excluding hydrogens is 230 g/mol. The van der Waals surface area contributed by atoms with Gasteiger partial charge in [-0.25, -0.2) is 0 Å². The number of carbonyl (C=O) groups excluding carboxylic acids is 1. The first-order valence-electron chi connectivity index (χ1n) is 7.15. The number of unbranched alkanes of at least 4 members (excludes halogenated alkanes) is 2. The minimum absolute atomic E-state index is 0.0412. The van der Waals surface area contributed by atoms with E-state index in [1.165, 1.54) is 45.3 Å². The van der Waals surface area contributed by atoms with Crippen LogP contribution in [0.5, 0.6) is 0 Å². The highest BCUT2D eigenvalue weighted by Crippen LogP contribution is 2.10. The maximum absolute atomic E-state index is 11.1. The summed E-state index contributed by atoms with van der Waals surface area (Å²) < 4.78 is 4.89. The molecule has 0 spiro atoms. The van der Waals surface area contributed by atoms with Crippen molar-refractivity contribution in [1.82, 2.24) is 4.90 Å². The van der Waals surface area contributed by atoms with Gasteiger partial charge in [0.15, 0.2) is 0 Å². The van der Waals surface area contributed by atoms with Crippen LogP contribution in [0, 0.1) is 0 Å². The fourth-order valence-corrected chi connectivity index (χ4v) is 2.20. The Balaban J connectivity index is 0.00000137. The van der Waals surface area contributed by atoms with Gasteiger partial charge in [-0.2, -0.15) is 0 Å². The zero-order valence-corrected chi connectivity index (χ0v) is 12.0. The Morgan fingerprint density at radius 3 is 2.39 bits per heavy atom. The second kappa shape index (κ2) is 12.8. The molecule has 0 radical (unpaired) electrons. The second-order valence-electron chi connectivity index (χ2n) is 4.52. The topological polar surface area (TPSA) is 49.8 Å². The van der Waals surface area contributed by atoms with E-state index in [4.69, 9.17) is 9.84 Å². The van der Waals surface area contributed by atoms with E-state index < -0.39 is 0 Å². The van der Waals surface area contributed by atoms with Crippen molar-refractivity contribution in [2.45, 2.75) is 51.9 Å². The van der Waals surface area contributed by atoms with E-state index in [2.05, 4.69) is 4.90 Å². The summed E-state index contributed by atoms with van der Waals surface area (Å²) in [5.41, 5.74) is 0. The molecule has 0 atom stereocenters. The van der Waals surface area contributed by atoms with E-state index in [0.29, 0.717) is 13.0 Å². The standard InChI is InChI=1S/C13H25NO2.CH4O/c1-2-16-13(15)9-5-3-6-10-14-11-7-4-8-12-14;1-2/h2-12H2,1H3;2H,1H3. The maximum atomic E-state index is 11.1. The Labute approximate surface area is 111 Å². The fourth-order valence-electron chi connectivity index (χ4n) is 2.20. The average molecular weight is 259 g/mol. The first-order chi connectivity index (χ1) is 8.83. The summed E-state index contributed by atoms with van der Waals surface area (Å²) in [7, 11) is 1.00. The van der Waals surface area contributed by atoms with Crippen molar-refractivity contribution in [3.05, 3.63) is 0 Å². The molecule has 4 nitrogen and oxygen atoms in total. The van der Waals surface area contributed by atoms with Gasteiger partial charge in [0, 0.05) is 13.5 Å². The van der Waals surface area contributed by atoms with Crippen molar-refractivity contribution in [1.29, 1.82) is 0 Å². The van der Waals surface area contributed by atoms with Crippen molar-refractivity contribution in [2.24, 2.45) is 0 Å². The highest BCUT2D eigenvalue weighted by molar-refractivity contribution is 5.69. The molecule has 0 aromatic carbocycles. The Morgan fingerprint density at radius 1 is 1.11 bits per heavy atom. The lowest BCUT2D eigenvalue weighted by atomic mass is 10.1. The summed E-state index contributed by atoms with van der Waals surface area (Å²) in [6.07, 6.45) is 8.07. The largest absolute Gasteiger partial charge is 0.466 e. The monoisotopic (exact) mass is 259 g/mol. The number of likely N-dealkylation sites (tertiary alicyclic amines) is 1. The van der Waals surface area contributed by atoms with Crippen LogP contribution in [0.25, 0.3) is 0 Å².